The number of carbonyl (C=O) groups is 1. The fourth-order valence-corrected chi connectivity index (χ4v) is 1.60. The molecule has 0 radical (unpaired) electrons. The lowest BCUT2D eigenvalue weighted by Gasteiger charge is -2.25. The Morgan fingerprint density at radius 1 is 1.43 bits per heavy atom. The Balaban J connectivity index is 4.15. The molecule has 0 bridgehead atoms. The maximum Gasteiger partial charge on any atom is 0.225 e. The first-order valence-corrected chi connectivity index (χ1v) is 6.47. The van der Waals surface area contributed by atoms with Crippen LogP contribution in [0.2, 0.25) is 0 Å². The van der Waals surface area contributed by atoms with Gasteiger partial charge in [0, 0.05) is 16.8 Å². The van der Waals surface area contributed by atoms with Crippen molar-refractivity contribution in [1.82, 2.24) is 5.32 Å². The van der Waals surface area contributed by atoms with Crippen molar-refractivity contribution in [2.45, 2.75) is 53.0 Å². The molecule has 0 saturated carbocycles. The molecule has 1 atom stereocenters. The predicted octanol–water partition coefficient (Wildman–Crippen LogP) is 3.10. The summed E-state index contributed by atoms with van der Waals surface area (Å²) in [7, 11) is 0. The third-order valence-corrected chi connectivity index (χ3v) is 3.24. The van der Waals surface area contributed by atoms with Crippen molar-refractivity contribution >= 4 is 21.8 Å². The molecule has 1 N–H and O–H groups in total. The summed E-state index contributed by atoms with van der Waals surface area (Å²) in [6.45, 7) is 8.13. The van der Waals surface area contributed by atoms with Crippen LogP contribution in [0.1, 0.15) is 47.0 Å². The average molecular weight is 264 g/mol. The first kappa shape index (κ1) is 13.9. The van der Waals surface area contributed by atoms with Crippen molar-refractivity contribution in [3.63, 3.8) is 0 Å². The second kappa shape index (κ2) is 6.44. The highest BCUT2D eigenvalue weighted by Crippen LogP contribution is 2.20. The van der Waals surface area contributed by atoms with Gasteiger partial charge in [-0.3, -0.25) is 4.79 Å². The van der Waals surface area contributed by atoms with Gasteiger partial charge in [-0.05, 0) is 19.3 Å². The van der Waals surface area contributed by atoms with Crippen LogP contribution in [0.15, 0.2) is 0 Å². The summed E-state index contributed by atoms with van der Waals surface area (Å²) in [5.41, 5.74) is -0.236. The standard InChI is InChI=1S/C11H22BrNO/c1-5-9(7-8-12)13-10(14)11(3,4)6-2/h9H,5-8H2,1-4H3,(H,13,14). The van der Waals surface area contributed by atoms with Crippen LogP contribution >= 0.6 is 15.9 Å². The molecule has 0 aliphatic carbocycles. The lowest BCUT2D eigenvalue weighted by Crippen LogP contribution is -2.42. The van der Waals surface area contributed by atoms with Gasteiger partial charge >= 0.3 is 0 Å². The van der Waals surface area contributed by atoms with Crippen molar-refractivity contribution < 1.29 is 4.79 Å². The van der Waals surface area contributed by atoms with Crippen LogP contribution in [0.5, 0.6) is 0 Å². The SMILES string of the molecule is CCC(CCBr)NC(=O)C(C)(C)CC. The molecule has 0 fully saturated rings. The van der Waals surface area contributed by atoms with Gasteiger partial charge in [0.2, 0.25) is 5.91 Å². The molecule has 0 heterocycles. The quantitative estimate of drug-likeness (QED) is 0.734. The van der Waals surface area contributed by atoms with E-state index >= 15 is 0 Å². The van der Waals surface area contributed by atoms with Crippen LogP contribution in [0.4, 0.5) is 0 Å². The molecule has 2 nitrogen and oxygen atoms in total. The molecule has 84 valence electrons. The summed E-state index contributed by atoms with van der Waals surface area (Å²) in [5, 5.41) is 4.03. The van der Waals surface area contributed by atoms with E-state index in [4.69, 9.17) is 0 Å². The molecule has 14 heavy (non-hydrogen) atoms. The Labute approximate surface area is 96.0 Å². The van der Waals surface area contributed by atoms with Gasteiger partial charge in [0.05, 0.1) is 0 Å². The van der Waals surface area contributed by atoms with Crippen molar-refractivity contribution in [2.75, 3.05) is 5.33 Å². The predicted molar refractivity (Wildman–Crippen MR) is 64.7 cm³/mol. The normalized spacial score (nSPS) is 13.8. The lowest BCUT2D eigenvalue weighted by molar-refractivity contribution is -0.130. The first-order valence-electron chi connectivity index (χ1n) is 5.34. The highest BCUT2D eigenvalue weighted by molar-refractivity contribution is 9.09. The minimum atomic E-state index is -0.236. The van der Waals surface area contributed by atoms with Crippen LogP contribution in [0, 0.1) is 5.41 Å². The molecule has 3 heteroatoms. The summed E-state index contributed by atoms with van der Waals surface area (Å²) < 4.78 is 0. The Bertz CT molecular complexity index is 180. The van der Waals surface area contributed by atoms with Gasteiger partial charge < -0.3 is 5.32 Å². The summed E-state index contributed by atoms with van der Waals surface area (Å²) in [4.78, 5) is 11.8. The van der Waals surface area contributed by atoms with Crippen molar-refractivity contribution in [3.8, 4) is 0 Å². The van der Waals surface area contributed by atoms with E-state index in [-0.39, 0.29) is 11.3 Å². The van der Waals surface area contributed by atoms with Crippen LogP contribution in [-0.4, -0.2) is 17.3 Å². The second-order valence-electron chi connectivity index (χ2n) is 4.29. The van der Waals surface area contributed by atoms with Crippen LogP contribution in [0.25, 0.3) is 0 Å². The van der Waals surface area contributed by atoms with Gasteiger partial charge in [0.25, 0.3) is 0 Å². The minimum Gasteiger partial charge on any atom is -0.353 e. The zero-order chi connectivity index (χ0) is 11.2. The van der Waals surface area contributed by atoms with E-state index in [9.17, 15) is 4.79 Å². The zero-order valence-electron chi connectivity index (χ0n) is 9.69. The minimum absolute atomic E-state index is 0.174. The Hall–Kier alpha value is -0.0500. The molecule has 1 unspecified atom stereocenters. The average Bonchev–Trinajstić information content (AvgIpc) is 2.16. The second-order valence-corrected chi connectivity index (χ2v) is 5.09. The number of carbonyl (C=O) groups excluding carboxylic acids is 1. The van der Waals surface area contributed by atoms with Crippen molar-refractivity contribution in [1.29, 1.82) is 0 Å². The Morgan fingerprint density at radius 3 is 2.36 bits per heavy atom. The molecular weight excluding hydrogens is 242 g/mol. The van der Waals surface area contributed by atoms with E-state index in [1.165, 1.54) is 0 Å². The Kier molecular flexibility index (Phi) is 6.41. The van der Waals surface area contributed by atoms with Gasteiger partial charge in [-0.25, -0.2) is 0 Å². The smallest absolute Gasteiger partial charge is 0.225 e. The topological polar surface area (TPSA) is 29.1 Å². The van der Waals surface area contributed by atoms with E-state index in [1.54, 1.807) is 0 Å². The molecule has 0 aromatic carbocycles. The molecule has 0 aliphatic rings. The van der Waals surface area contributed by atoms with Crippen molar-refractivity contribution in [2.24, 2.45) is 5.41 Å². The number of rotatable bonds is 6. The monoisotopic (exact) mass is 263 g/mol. The molecule has 0 rings (SSSR count). The van der Waals surface area contributed by atoms with Gasteiger partial charge in [0.1, 0.15) is 0 Å². The Morgan fingerprint density at radius 2 is 2.00 bits per heavy atom. The summed E-state index contributed by atoms with van der Waals surface area (Å²) in [6.07, 6.45) is 2.88. The van der Waals surface area contributed by atoms with E-state index in [2.05, 4.69) is 28.2 Å². The highest BCUT2D eigenvalue weighted by Gasteiger charge is 2.26. The summed E-state index contributed by atoms with van der Waals surface area (Å²) in [5.74, 6) is 0.174. The summed E-state index contributed by atoms with van der Waals surface area (Å²) >= 11 is 3.40. The molecule has 0 spiro atoms. The van der Waals surface area contributed by atoms with Gasteiger partial charge in [-0.2, -0.15) is 0 Å². The molecule has 0 aliphatic heterocycles. The van der Waals surface area contributed by atoms with E-state index in [0.717, 1.165) is 24.6 Å². The lowest BCUT2D eigenvalue weighted by atomic mass is 9.89. The number of amides is 1. The number of hydrogen-bond acceptors (Lipinski definition) is 1. The number of alkyl halides is 1. The number of hydrogen-bond donors (Lipinski definition) is 1. The maximum atomic E-state index is 11.8. The fourth-order valence-electron chi connectivity index (χ4n) is 1.05. The van der Waals surface area contributed by atoms with Crippen LogP contribution in [-0.2, 0) is 4.79 Å². The summed E-state index contributed by atoms with van der Waals surface area (Å²) in [6, 6.07) is 0.313. The van der Waals surface area contributed by atoms with Gasteiger partial charge in [-0.1, -0.05) is 43.6 Å². The van der Waals surface area contributed by atoms with E-state index in [1.807, 2.05) is 20.8 Å². The molecule has 1 amide bonds. The highest BCUT2D eigenvalue weighted by atomic mass is 79.9. The van der Waals surface area contributed by atoms with Crippen LogP contribution in [0.3, 0.4) is 0 Å². The zero-order valence-corrected chi connectivity index (χ0v) is 11.3. The first-order chi connectivity index (χ1) is 6.47. The number of halogens is 1. The van der Waals surface area contributed by atoms with E-state index in [0.29, 0.717) is 6.04 Å². The van der Waals surface area contributed by atoms with Crippen molar-refractivity contribution in [3.05, 3.63) is 0 Å². The fraction of sp³-hybridized carbons (Fsp3) is 0.909. The molecule has 0 aromatic heterocycles. The third-order valence-electron chi connectivity index (χ3n) is 2.78. The van der Waals surface area contributed by atoms with Gasteiger partial charge in [0.15, 0.2) is 0 Å². The van der Waals surface area contributed by atoms with Crippen LogP contribution < -0.4 is 5.32 Å². The molecular formula is C11H22BrNO. The molecule has 0 saturated heterocycles. The molecule has 0 aromatic rings. The van der Waals surface area contributed by atoms with Gasteiger partial charge in [-0.15, -0.1) is 0 Å². The van der Waals surface area contributed by atoms with E-state index < -0.39 is 0 Å². The number of nitrogens with one attached hydrogen (secondary N) is 1. The maximum absolute atomic E-state index is 11.8. The third kappa shape index (κ3) is 4.45. The largest absolute Gasteiger partial charge is 0.353 e.